The summed E-state index contributed by atoms with van der Waals surface area (Å²) in [5.41, 5.74) is 0.690. The van der Waals surface area contributed by atoms with Crippen LogP contribution in [0.3, 0.4) is 0 Å². The van der Waals surface area contributed by atoms with Gasteiger partial charge in [-0.15, -0.1) is 0 Å². The zero-order chi connectivity index (χ0) is 18.6. The van der Waals surface area contributed by atoms with E-state index in [1.165, 1.54) is 31.3 Å². The van der Waals surface area contributed by atoms with E-state index < -0.39 is 0 Å². The minimum absolute atomic E-state index is 0.00727. The van der Waals surface area contributed by atoms with Gasteiger partial charge in [-0.25, -0.2) is 14.4 Å². The largest absolute Gasteiger partial charge is 0.472 e. The molecule has 1 unspecified atom stereocenters. The second-order valence-electron chi connectivity index (χ2n) is 7.08. The van der Waals surface area contributed by atoms with Gasteiger partial charge < -0.3 is 14.5 Å². The van der Waals surface area contributed by atoms with Gasteiger partial charge in [0.2, 0.25) is 11.8 Å². The highest BCUT2D eigenvalue weighted by Crippen LogP contribution is 2.23. The lowest BCUT2D eigenvalue weighted by Crippen LogP contribution is -2.32. The number of carbonyl (C=O) groups excluding carboxylic acids is 1. The van der Waals surface area contributed by atoms with Gasteiger partial charge in [0.1, 0.15) is 24.1 Å². The zero-order valence-electron chi connectivity index (χ0n) is 15.2. The number of hydrogen-bond acceptors (Lipinski definition) is 5. The van der Waals surface area contributed by atoms with Crippen LogP contribution in [0.5, 0.6) is 5.88 Å². The summed E-state index contributed by atoms with van der Waals surface area (Å²) in [5, 5.41) is 0. The molecule has 3 heterocycles. The quantitative estimate of drug-likeness (QED) is 0.809. The maximum absolute atomic E-state index is 13.3. The summed E-state index contributed by atoms with van der Waals surface area (Å²) in [7, 11) is 0. The Morgan fingerprint density at radius 1 is 1.19 bits per heavy atom. The van der Waals surface area contributed by atoms with Gasteiger partial charge in [-0.3, -0.25) is 4.79 Å². The van der Waals surface area contributed by atoms with Crippen LogP contribution in [-0.2, 0) is 11.2 Å². The van der Waals surface area contributed by atoms with Gasteiger partial charge >= 0.3 is 0 Å². The average Bonchev–Trinajstić information content (AvgIpc) is 3.34. The number of carbonyl (C=O) groups is 1. The number of rotatable bonds is 5. The van der Waals surface area contributed by atoms with Crippen LogP contribution in [0.1, 0.15) is 24.8 Å². The van der Waals surface area contributed by atoms with Crippen molar-refractivity contribution in [2.45, 2.75) is 31.8 Å². The van der Waals surface area contributed by atoms with Gasteiger partial charge in [0.15, 0.2) is 0 Å². The van der Waals surface area contributed by atoms with E-state index in [1.54, 1.807) is 17.0 Å². The van der Waals surface area contributed by atoms with Crippen LogP contribution < -0.4 is 9.64 Å². The minimum Gasteiger partial charge on any atom is -0.472 e. The molecule has 2 aliphatic rings. The normalized spacial score (nSPS) is 19.5. The average molecular weight is 370 g/mol. The Kier molecular flexibility index (Phi) is 5.18. The van der Waals surface area contributed by atoms with E-state index in [0.717, 1.165) is 25.3 Å². The number of benzene rings is 1. The number of halogens is 1. The van der Waals surface area contributed by atoms with E-state index in [1.807, 2.05) is 6.07 Å². The summed E-state index contributed by atoms with van der Waals surface area (Å²) in [6.45, 7) is 3.20. The molecule has 1 aromatic heterocycles. The molecule has 1 atom stereocenters. The standard InChI is InChI=1S/C20H23FN4O2/c21-16-5-3-4-15(10-16)11-20(26)25-9-6-17(13-25)27-19-12-18(22-14-23-19)24-7-1-2-8-24/h3-5,10,12,14,17H,1-2,6-9,11,13H2. The molecular weight excluding hydrogens is 347 g/mol. The molecule has 4 rings (SSSR count). The van der Waals surface area contributed by atoms with Crippen LogP contribution in [0.25, 0.3) is 0 Å². The molecule has 2 aliphatic heterocycles. The highest BCUT2D eigenvalue weighted by atomic mass is 19.1. The van der Waals surface area contributed by atoms with Crippen LogP contribution in [-0.4, -0.2) is 53.1 Å². The maximum Gasteiger partial charge on any atom is 0.227 e. The van der Waals surface area contributed by atoms with Crippen molar-refractivity contribution in [3.63, 3.8) is 0 Å². The van der Waals surface area contributed by atoms with Crippen LogP contribution in [0.15, 0.2) is 36.7 Å². The van der Waals surface area contributed by atoms with Gasteiger partial charge in [-0.05, 0) is 30.5 Å². The molecule has 2 saturated heterocycles. The van der Waals surface area contributed by atoms with Gasteiger partial charge in [0.05, 0.1) is 13.0 Å². The maximum atomic E-state index is 13.3. The fourth-order valence-electron chi connectivity index (χ4n) is 3.67. The first-order valence-electron chi connectivity index (χ1n) is 9.43. The van der Waals surface area contributed by atoms with E-state index in [9.17, 15) is 9.18 Å². The molecule has 1 amide bonds. The Labute approximate surface area is 158 Å². The van der Waals surface area contributed by atoms with Crippen molar-refractivity contribution in [1.29, 1.82) is 0 Å². The molecule has 1 aromatic carbocycles. The van der Waals surface area contributed by atoms with Crippen molar-refractivity contribution in [3.8, 4) is 5.88 Å². The van der Waals surface area contributed by atoms with Gasteiger partial charge in [0.25, 0.3) is 0 Å². The van der Waals surface area contributed by atoms with Crippen molar-refractivity contribution >= 4 is 11.7 Å². The van der Waals surface area contributed by atoms with Gasteiger partial charge in [0, 0.05) is 32.1 Å². The molecule has 0 spiro atoms. The first-order chi connectivity index (χ1) is 13.2. The summed E-state index contributed by atoms with van der Waals surface area (Å²) in [6, 6.07) is 8.06. The summed E-state index contributed by atoms with van der Waals surface area (Å²) in [5.74, 6) is 1.12. The molecule has 0 bridgehead atoms. The number of anilines is 1. The van der Waals surface area contributed by atoms with Crippen molar-refractivity contribution < 1.29 is 13.9 Å². The third-order valence-electron chi connectivity index (χ3n) is 5.09. The fourth-order valence-corrected chi connectivity index (χ4v) is 3.67. The van der Waals surface area contributed by atoms with Crippen LogP contribution in [0, 0.1) is 5.82 Å². The Hall–Kier alpha value is -2.70. The number of ether oxygens (including phenoxy) is 1. The van der Waals surface area contributed by atoms with Crippen molar-refractivity contribution in [1.82, 2.24) is 14.9 Å². The first-order valence-corrected chi connectivity index (χ1v) is 9.43. The molecule has 142 valence electrons. The predicted octanol–water partition coefficient (Wildman–Crippen LogP) is 2.44. The topological polar surface area (TPSA) is 58.6 Å². The second kappa shape index (κ2) is 7.90. The SMILES string of the molecule is O=C(Cc1cccc(F)c1)N1CCC(Oc2cc(N3CCCC3)ncn2)C1. The molecule has 7 heteroatoms. The fraction of sp³-hybridized carbons (Fsp3) is 0.450. The molecule has 0 radical (unpaired) electrons. The number of aromatic nitrogens is 2. The van der Waals surface area contributed by atoms with E-state index in [4.69, 9.17) is 4.74 Å². The molecular formula is C20H23FN4O2. The molecule has 0 N–H and O–H groups in total. The Bertz CT molecular complexity index is 810. The highest BCUT2D eigenvalue weighted by molar-refractivity contribution is 5.79. The lowest BCUT2D eigenvalue weighted by Gasteiger charge is -2.19. The van der Waals surface area contributed by atoms with Crippen molar-refractivity contribution in [3.05, 3.63) is 48.0 Å². The summed E-state index contributed by atoms with van der Waals surface area (Å²) < 4.78 is 19.3. The Morgan fingerprint density at radius 2 is 2.04 bits per heavy atom. The van der Waals surface area contributed by atoms with Crippen LogP contribution in [0.2, 0.25) is 0 Å². The minimum atomic E-state index is -0.319. The smallest absolute Gasteiger partial charge is 0.227 e. The van der Waals surface area contributed by atoms with Crippen molar-refractivity contribution in [2.24, 2.45) is 0 Å². The zero-order valence-corrected chi connectivity index (χ0v) is 15.2. The Morgan fingerprint density at radius 3 is 2.85 bits per heavy atom. The van der Waals surface area contributed by atoms with E-state index >= 15 is 0 Å². The molecule has 6 nitrogen and oxygen atoms in total. The molecule has 27 heavy (non-hydrogen) atoms. The van der Waals surface area contributed by atoms with E-state index in [-0.39, 0.29) is 24.2 Å². The summed E-state index contributed by atoms with van der Waals surface area (Å²) in [4.78, 5) is 25.0. The third-order valence-corrected chi connectivity index (χ3v) is 5.09. The van der Waals surface area contributed by atoms with Crippen LogP contribution in [0.4, 0.5) is 10.2 Å². The van der Waals surface area contributed by atoms with E-state index in [2.05, 4.69) is 14.9 Å². The number of nitrogens with zero attached hydrogens (tertiary/aromatic N) is 4. The van der Waals surface area contributed by atoms with E-state index in [0.29, 0.717) is 24.5 Å². The lowest BCUT2D eigenvalue weighted by molar-refractivity contribution is -0.129. The van der Waals surface area contributed by atoms with Crippen molar-refractivity contribution in [2.75, 3.05) is 31.1 Å². The number of hydrogen-bond donors (Lipinski definition) is 0. The van der Waals surface area contributed by atoms with Crippen LogP contribution >= 0.6 is 0 Å². The van der Waals surface area contributed by atoms with Gasteiger partial charge in [-0.2, -0.15) is 0 Å². The summed E-state index contributed by atoms with van der Waals surface area (Å²) in [6.07, 6.45) is 4.79. The first kappa shape index (κ1) is 17.7. The van der Waals surface area contributed by atoms with Gasteiger partial charge in [-0.1, -0.05) is 12.1 Å². The third kappa shape index (κ3) is 4.35. The second-order valence-corrected chi connectivity index (χ2v) is 7.08. The number of amides is 1. The molecule has 0 saturated carbocycles. The predicted molar refractivity (Wildman–Crippen MR) is 99.2 cm³/mol. The Balaban J connectivity index is 1.33. The molecule has 2 aromatic rings. The summed E-state index contributed by atoms with van der Waals surface area (Å²) >= 11 is 0. The molecule has 2 fully saturated rings. The highest BCUT2D eigenvalue weighted by Gasteiger charge is 2.28. The lowest BCUT2D eigenvalue weighted by atomic mass is 10.1. The number of likely N-dealkylation sites (tertiary alicyclic amines) is 1. The monoisotopic (exact) mass is 370 g/mol. The molecule has 0 aliphatic carbocycles.